The molecule has 2 heterocycles. The van der Waals surface area contributed by atoms with Crippen molar-refractivity contribution in [1.82, 2.24) is 20.4 Å². The summed E-state index contributed by atoms with van der Waals surface area (Å²) in [5.74, 6) is 5.34. The summed E-state index contributed by atoms with van der Waals surface area (Å²) in [6, 6.07) is 6.65. The van der Waals surface area contributed by atoms with Crippen LogP contribution in [0.1, 0.15) is 33.6 Å². The third kappa shape index (κ3) is 3.92. The van der Waals surface area contributed by atoms with Gasteiger partial charge in [-0.25, -0.2) is 20.2 Å². The van der Waals surface area contributed by atoms with Crippen LogP contribution in [0.5, 0.6) is 0 Å². The number of hydrogen-bond acceptors (Lipinski definition) is 6. The second-order valence-electron chi connectivity index (χ2n) is 6.64. The molecule has 2 aromatic heterocycles. The number of carbonyl (C=O) groups excluding carboxylic acids is 1. The molecule has 29 heavy (non-hydrogen) atoms. The van der Waals surface area contributed by atoms with Gasteiger partial charge in [-0.15, -0.1) is 0 Å². The molecule has 1 amide bonds. The van der Waals surface area contributed by atoms with Crippen LogP contribution >= 0.6 is 22.6 Å². The predicted molar refractivity (Wildman–Crippen MR) is 116 cm³/mol. The number of fused-ring (bicyclic) bond motifs is 1. The van der Waals surface area contributed by atoms with Gasteiger partial charge in [0.25, 0.3) is 5.91 Å². The van der Waals surface area contributed by atoms with Gasteiger partial charge in [-0.1, -0.05) is 28.7 Å². The van der Waals surface area contributed by atoms with Gasteiger partial charge >= 0.3 is 0 Å². The maximum Gasteiger partial charge on any atom is 0.268 e. The number of nitrogens with one attached hydrogen (secondary N) is 2. The van der Waals surface area contributed by atoms with E-state index in [1.54, 1.807) is 24.4 Å². The number of nitrogen functional groups attached to an aromatic ring is 1. The zero-order valence-electron chi connectivity index (χ0n) is 15.4. The Kier molecular flexibility index (Phi) is 5.67. The first kappa shape index (κ1) is 19.6. The van der Waals surface area contributed by atoms with Gasteiger partial charge in [0.05, 0.1) is 16.8 Å². The van der Waals surface area contributed by atoms with Crippen LogP contribution in [0, 0.1) is 5.82 Å². The van der Waals surface area contributed by atoms with E-state index < -0.39 is 5.91 Å². The van der Waals surface area contributed by atoms with Gasteiger partial charge in [-0.05, 0) is 43.0 Å². The molecule has 148 valence electrons. The number of pyridine rings is 1. The number of hydrogen-bond donors (Lipinski definition) is 3. The van der Waals surface area contributed by atoms with E-state index in [2.05, 4.69) is 48.3 Å². The largest absolute Gasteiger partial charge is 0.339 e. The first-order valence-corrected chi connectivity index (χ1v) is 10.6. The van der Waals surface area contributed by atoms with Gasteiger partial charge in [0.1, 0.15) is 11.6 Å². The highest BCUT2D eigenvalue weighted by molar-refractivity contribution is 14.1. The van der Waals surface area contributed by atoms with E-state index in [1.807, 2.05) is 0 Å². The minimum atomic E-state index is -0.465. The van der Waals surface area contributed by atoms with Crippen LogP contribution in [0.2, 0.25) is 0 Å². The predicted octanol–water partition coefficient (Wildman–Crippen LogP) is 3.45. The highest BCUT2D eigenvalue weighted by Crippen LogP contribution is 2.32. The molecular weight excluding hydrogens is 486 g/mol. The number of benzene rings is 1. The van der Waals surface area contributed by atoms with Gasteiger partial charge in [-0.3, -0.25) is 15.2 Å². The highest BCUT2D eigenvalue weighted by atomic mass is 127. The number of carbonyl (C=O) groups is 1. The van der Waals surface area contributed by atoms with E-state index >= 15 is 0 Å². The topological polar surface area (TPSA) is 106 Å². The fraction of sp³-hybridized carbons (Fsp3) is 0.200. The van der Waals surface area contributed by atoms with Crippen molar-refractivity contribution in [3.05, 3.63) is 64.9 Å². The summed E-state index contributed by atoms with van der Waals surface area (Å²) in [5.41, 5.74) is 6.17. The first-order valence-electron chi connectivity index (χ1n) is 9.07. The molecule has 1 aliphatic rings. The van der Waals surface area contributed by atoms with Crippen molar-refractivity contribution >= 4 is 40.0 Å². The Bertz CT molecular complexity index is 1090. The number of alkyl halides is 1. The standard InChI is InChI=1S/C20H18FIN6O/c21-15-5-4-11(9-22)8-13(15)19-25-16-3-1-2-12(16)18(27-19)26-17-6-7-24-10-14(17)20(29)28-23/h4-8,10H,1-3,9,23H2,(H,28,29)(H,24,25,26,27). The Balaban J connectivity index is 1.81. The lowest BCUT2D eigenvalue weighted by Crippen LogP contribution is -2.30. The molecule has 4 rings (SSSR count). The zero-order valence-corrected chi connectivity index (χ0v) is 17.5. The zero-order chi connectivity index (χ0) is 20.4. The number of amides is 1. The SMILES string of the molecule is NNC(=O)c1cnccc1Nc1nc(-c2cc(CI)ccc2F)nc2c1CCC2. The fourth-order valence-electron chi connectivity index (χ4n) is 3.37. The van der Waals surface area contributed by atoms with E-state index in [0.29, 0.717) is 28.5 Å². The smallest absolute Gasteiger partial charge is 0.268 e. The second-order valence-corrected chi connectivity index (χ2v) is 7.40. The molecule has 7 nitrogen and oxygen atoms in total. The van der Waals surface area contributed by atoms with Crippen LogP contribution < -0.4 is 16.6 Å². The monoisotopic (exact) mass is 504 g/mol. The molecule has 9 heteroatoms. The van der Waals surface area contributed by atoms with Crippen molar-refractivity contribution in [2.24, 2.45) is 5.84 Å². The van der Waals surface area contributed by atoms with E-state index in [1.165, 1.54) is 12.3 Å². The number of halogens is 2. The van der Waals surface area contributed by atoms with Crippen LogP contribution in [0.3, 0.4) is 0 Å². The normalized spacial score (nSPS) is 12.5. The summed E-state index contributed by atoms with van der Waals surface area (Å²) < 4.78 is 15.3. The lowest BCUT2D eigenvalue weighted by molar-refractivity contribution is 0.0954. The summed E-state index contributed by atoms with van der Waals surface area (Å²) in [7, 11) is 0. The second kappa shape index (κ2) is 8.37. The first-order chi connectivity index (χ1) is 14.1. The molecule has 0 unspecified atom stereocenters. The van der Waals surface area contributed by atoms with Crippen molar-refractivity contribution in [2.75, 3.05) is 5.32 Å². The number of nitrogens with zero attached hydrogens (tertiary/aromatic N) is 3. The van der Waals surface area contributed by atoms with Crippen molar-refractivity contribution < 1.29 is 9.18 Å². The Hall–Kier alpha value is -2.66. The minimum absolute atomic E-state index is 0.292. The number of aryl methyl sites for hydroxylation is 1. The molecule has 0 atom stereocenters. The Morgan fingerprint density at radius 1 is 1.24 bits per heavy atom. The summed E-state index contributed by atoms with van der Waals surface area (Å²) in [6.45, 7) is 0. The molecule has 0 saturated carbocycles. The number of hydrazine groups is 1. The van der Waals surface area contributed by atoms with Crippen molar-refractivity contribution in [1.29, 1.82) is 0 Å². The van der Waals surface area contributed by atoms with Crippen LogP contribution in [-0.2, 0) is 17.3 Å². The van der Waals surface area contributed by atoms with Gasteiger partial charge in [0.2, 0.25) is 0 Å². The minimum Gasteiger partial charge on any atom is -0.339 e. The molecule has 0 aliphatic heterocycles. The van der Waals surface area contributed by atoms with E-state index in [-0.39, 0.29) is 5.82 Å². The molecule has 3 aromatic rings. The Morgan fingerprint density at radius 3 is 2.90 bits per heavy atom. The third-order valence-electron chi connectivity index (χ3n) is 4.81. The summed E-state index contributed by atoms with van der Waals surface area (Å²) >= 11 is 2.24. The molecule has 1 aromatic carbocycles. The molecule has 0 spiro atoms. The van der Waals surface area contributed by atoms with Crippen molar-refractivity contribution in [3.8, 4) is 11.4 Å². The lowest BCUT2D eigenvalue weighted by atomic mass is 10.1. The number of aromatic nitrogens is 3. The quantitative estimate of drug-likeness (QED) is 0.162. The van der Waals surface area contributed by atoms with Crippen LogP contribution in [-0.4, -0.2) is 20.9 Å². The summed E-state index contributed by atoms with van der Waals surface area (Å²) in [6.07, 6.45) is 5.57. The molecular formula is C20H18FIN6O. The molecule has 0 bridgehead atoms. The summed E-state index contributed by atoms with van der Waals surface area (Å²) in [4.78, 5) is 25.3. The maximum atomic E-state index is 14.5. The van der Waals surface area contributed by atoms with E-state index in [0.717, 1.165) is 40.5 Å². The average Bonchev–Trinajstić information content (AvgIpc) is 3.23. The Labute approximate surface area is 180 Å². The molecule has 4 N–H and O–H groups in total. The Morgan fingerprint density at radius 2 is 2.10 bits per heavy atom. The lowest BCUT2D eigenvalue weighted by Gasteiger charge is -2.15. The van der Waals surface area contributed by atoms with Crippen molar-refractivity contribution in [3.63, 3.8) is 0 Å². The molecule has 0 fully saturated rings. The van der Waals surface area contributed by atoms with Crippen molar-refractivity contribution in [2.45, 2.75) is 23.7 Å². The van der Waals surface area contributed by atoms with Gasteiger partial charge in [0, 0.05) is 28.1 Å². The summed E-state index contributed by atoms with van der Waals surface area (Å²) in [5, 5.41) is 3.21. The number of nitrogens with two attached hydrogens (primary N) is 1. The maximum absolute atomic E-state index is 14.5. The molecule has 0 radical (unpaired) electrons. The molecule has 0 saturated heterocycles. The average molecular weight is 504 g/mol. The van der Waals surface area contributed by atoms with Crippen LogP contribution in [0.15, 0.2) is 36.7 Å². The van der Waals surface area contributed by atoms with Gasteiger partial charge < -0.3 is 5.32 Å². The number of anilines is 2. The van der Waals surface area contributed by atoms with Crippen LogP contribution in [0.25, 0.3) is 11.4 Å². The van der Waals surface area contributed by atoms with E-state index in [4.69, 9.17) is 5.84 Å². The third-order valence-corrected chi connectivity index (χ3v) is 5.69. The van der Waals surface area contributed by atoms with Gasteiger partial charge in [0.15, 0.2) is 5.82 Å². The van der Waals surface area contributed by atoms with Gasteiger partial charge in [-0.2, -0.15) is 0 Å². The highest BCUT2D eigenvalue weighted by Gasteiger charge is 2.22. The fourth-order valence-corrected chi connectivity index (χ4v) is 3.85. The number of rotatable bonds is 5. The van der Waals surface area contributed by atoms with Crippen LogP contribution in [0.4, 0.5) is 15.9 Å². The van der Waals surface area contributed by atoms with E-state index in [9.17, 15) is 9.18 Å². The molecule has 1 aliphatic carbocycles.